The van der Waals surface area contributed by atoms with Crippen molar-refractivity contribution >= 4 is 22.6 Å². The van der Waals surface area contributed by atoms with Gasteiger partial charge in [0.2, 0.25) is 0 Å². The third-order valence-electron chi connectivity index (χ3n) is 5.86. The van der Waals surface area contributed by atoms with E-state index in [1.54, 1.807) is 0 Å². The normalized spacial score (nSPS) is 14.1. The van der Waals surface area contributed by atoms with Gasteiger partial charge in [-0.25, -0.2) is 15.0 Å². The number of nitrogens with zero attached hydrogens (tertiary/aromatic N) is 5. The lowest BCUT2D eigenvalue weighted by atomic mass is 10.0. The molecular weight excluding hydrogens is 398 g/mol. The Balaban J connectivity index is 1.43. The Morgan fingerprint density at radius 3 is 2.28 bits per heavy atom. The number of fused-ring (bicyclic) bond motifs is 1. The zero-order chi connectivity index (χ0) is 22.1. The third kappa shape index (κ3) is 3.91. The van der Waals surface area contributed by atoms with Crippen LogP contribution in [0.1, 0.15) is 21.9 Å². The summed E-state index contributed by atoms with van der Waals surface area (Å²) < 4.78 is 0. The van der Waals surface area contributed by atoms with E-state index in [1.807, 2.05) is 85.5 Å². The topological polar surface area (TPSA) is 62.2 Å². The highest BCUT2D eigenvalue weighted by Gasteiger charge is 2.25. The van der Waals surface area contributed by atoms with Crippen molar-refractivity contribution in [3.63, 3.8) is 0 Å². The number of amides is 1. The predicted molar refractivity (Wildman–Crippen MR) is 127 cm³/mol. The van der Waals surface area contributed by atoms with Crippen LogP contribution in [0, 0.1) is 13.8 Å². The van der Waals surface area contributed by atoms with Crippen molar-refractivity contribution in [1.29, 1.82) is 0 Å². The largest absolute Gasteiger partial charge is 0.353 e. The van der Waals surface area contributed by atoms with Crippen molar-refractivity contribution in [3.05, 3.63) is 83.8 Å². The molecular formula is C26H25N5O. The Kier molecular flexibility index (Phi) is 5.27. The number of piperazine rings is 1. The summed E-state index contributed by atoms with van der Waals surface area (Å²) in [4.78, 5) is 31.5. The number of hydrogen-bond acceptors (Lipinski definition) is 5. The minimum Gasteiger partial charge on any atom is -0.353 e. The highest BCUT2D eigenvalue weighted by Crippen LogP contribution is 2.26. The summed E-state index contributed by atoms with van der Waals surface area (Å²) >= 11 is 0. The molecule has 0 unspecified atom stereocenters. The van der Waals surface area contributed by atoms with Crippen LogP contribution >= 0.6 is 0 Å². The first-order chi connectivity index (χ1) is 15.6. The second kappa shape index (κ2) is 8.38. The molecule has 0 radical (unpaired) electrons. The van der Waals surface area contributed by atoms with Crippen LogP contribution in [0.25, 0.3) is 22.2 Å². The Morgan fingerprint density at radius 2 is 1.53 bits per heavy atom. The molecule has 5 rings (SSSR count). The number of aromatic nitrogens is 3. The average Bonchev–Trinajstić information content (AvgIpc) is 2.83. The van der Waals surface area contributed by atoms with Crippen molar-refractivity contribution in [2.45, 2.75) is 13.8 Å². The fourth-order valence-electron chi connectivity index (χ4n) is 4.28. The summed E-state index contributed by atoms with van der Waals surface area (Å²) in [5.74, 6) is 1.76. The standard InChI is InChI=1S/C26H25N5O/c1-18-16-25(28-19(2)27-18)30-12-14-31(15-13-30)26(32)22-17-24(20-8-4-3-5-9-20)29-23-11-7-6-10-21(22)23/h3-11,16-17H,12-15H2,1-2H3. The van der Waals surface area contributed by atoms with E-state index in [-0.39, 0.29) is 5.91 Å². The van der Waals surface area contributed by atoms with Gasteiger partial charge in [0.15, 0.2) is 0 Å². The fraction of sp³-hybridized carbons (Fsp3) is 0.231. The van der Waals surface area contributed by atoms with E-state index >= 15 is 0 Å². The summed E-state index contributed by atoms with van der Waals surface area (Å²) in [7, 11) is 0. The number of pyridine rings is 1. The van der Waals surface area contributed by atoms with E-state index in [9.17, 15) is 4.79 Å². The van der Waals surface area contributed by atoms with E-state index < -0.39 is 0 Å². The van der Waals surface area contributed by atoms with Crippen molar-refractivity contribution in [3.8, 4) is 11.3 Å². The van der Waals surface area contributed by atoms with Crippen LogP contribution in [-0.2, 0) is 0 Å². The van der Waals surface area contributed by atoms with Crippen molar-refractivity contribution in [2.24, 2.45) is 0 Å². The second-order valence-corrected chi connectivity index (χ2v) is 8.13. The van der Waals surface area contributed by atoms with Crippen molar-refractivity contribution < 1.29 is 4.79 Å². The van der Waals surface area contributed by atoms with Gasteiger partial charge in [-0.2, -0.15) is 0 Å². The number of carbonyl (C=O) groups excluding carboxylic acids is 1. The molecule has 0 aliphatic carbocycles. The molecule has 1 amide bonds. The van der Waals surface area contributed by atoms with Crippen LogP contribution in [0.2, 0.25) is 0 Å². The number of aryl methyl sites for hydroxylation is 2. The summed E-state index contributed by atoms with van der Waals surface area (Å²) in [6.07, 6.45) is 0. The van der Waals surface area contributed by atoms with Crippen LogP contribution in [0.3, 0.4) is 0 Å². The molecule has 4 aromatic rings. The van der Waals surface area contributed by atoms with Gasteiger partial charge in [0.05, 0.1) is 16.8 Å². The molecule has 2 aromatic heterocycles. The fourth-order valence-corrected chi connectivity index (χ4v) is 4.28. The molecule has 0 saturated carbocycles. The van der Waals surface area contributed by atoms with E-state index in [2.05, 4.69) is 14.9 Å². The molecule has 160 valence electrons. The number of benzene rings is 2. The highest BCUT2D eigenvalue weighted by molar-refractivity contribution is 6.07. The number of rotatable bonds is 3. The van der Waals surface area contributed by atoms with Crippen molar-refractivity contribution in [2.75, 3.05) is 31.1 Å². The smallest absolute Gasteiger partial charge is 0.254 e. The quantitative estimate of drug-likeness (QED) is 0.492. The molecule has 1 aliphatic rings. The van der Waals surface area contributed by atoms with E-state index in [0.29, 0.717) is 18.7 Å². The Labute approximate surface area is 187 Å². The molecule has 6 nitrogen and oxygen atoms in total. The Hall–Kier alpha value is -3.80. The molecule has 6 heteroatoms. The van der Waals surface area contributed by atoms with Gasteiger partial charge < -0.3 is 9.80 Å². The maximum absolute atomic E-state index is 13.6. The van der Waals surface area contributed by atoms with Gasteiger partial charge in [0.25, 0.3) is 5.91 Å². The molecule has 0 atom stereocenters. The Bertz CT molecular complexity index is 1260. The lowest BCUT2D eigenvalue weighted by Crippen LogP contribution is -2.49. The zero-order valence-electron chi connectivity index (χ0n) is 18.3. The van der Waals surface area contributed by atoms with Gasteiger partial charge in [-0.05, 0) is 26.0 Å². The highest BCUT2D eigenvalue weighted by atomic mass is 16.2. The molecule has 2 aromatic carbocycles. The van der Waals surface area contributed by atoms with Crippen LogP contribution in [-0.4, -0.2) is 51.9 Å². The molecule has 0 spiro atoms. The van der Waals surface area contributed by atoms with Gasteiger partial charge in [0.1, 0.15) is 11.6 Å². The first-order valence-electron chi connectivity index (χ1n) is 10.9. The number of anilines is 1. The second-order valence-electron chi connectivity index (χ2n) is 8.13. The van der Waals surface area contributed by atoms with Gasteiger partial charge >= 0.3 is 0 Å². The first-order valence-corrected chi connectivity index (χ1v) is 10.9. The van der Waals surface area contributed by atoms with Crippen LogP contribution in [0.15, 0.2) is 66.7 Å². The van der Waals surface area contributed by atoms with E-state index in [1.165, 1.54) is 0 Å². The molecule has 1 saturated heterocycles. The molecule has 32 heavy (non-hydrogen) atoms. The molecule has 0 N–H and O–H groups in total. The molecule has 1 fully saturated rings. The lowest BCUT2D eigenvalue weighted by molar-refractivity contribution is 0.0748. The zero-order valence-corrected chi connectivity index (χ0v) is 18.3. The van der Waals surface area contributed by atoms with Crippen LogP contribution < -0.4 is 4.90 Å². The van der Waals surface area contributed by atoms with E-state index in [4.69, 9.17) is 4.98 Å². The number of hydrogen-bond donors (Lipinski definition) is 0. The minimum atomic E-state index is 0.0514. The summed E-state index contributed by atoms with van der Waals surface area (Å²) in [6.45, 7) is 6.69. The van der Waals surface area contributed by atoms with Gasteiger partial charge in [0, 0.05) is 48.9 Å². The van der Waals surface area contributed by atoms with Crippen molar-refractivity contribution in [1.82, 2.24) is 19.9 Å². The maximum Gasteiger partial charge on any atom is 0.254 e. The third-order valence-corrected chi connectivity index (χ3v) is 5.86. The van der Waals surface area contributed by atoms with Gasteiger partial charge in [-0.15, -0.1) is 0 Å². The molecule has 1 aliphatic heterocycles. The summed E-state index contributed by atoms with van der Waals surface area (Å²) in [5, 5.41) is 0.890. The minimum absolute atomic E-state index is 0.0514. The number of para-hydroxylation sites is 1. The first kappa shape index (κ1) is 20.1. The molecule has 0 bridgehead atoms. The van der Waals surface area contributed by atoms with Crippen LogP contribution in [0.5, 0.6) is 0 Å². The Morgan fingerprint density at radius 1 is 0.812 bits per heavy atom. The molecule has 3 heterocycles. The van der Waals surface area contributed by atoms with Crippen LogP contribution in [0.4, 0.5) is 5.82 Å². The summed E-state index contributed by atoms with van der Waals surface area (Å²) in [5.41, 5.74) is 4.33. The van der Waals surface area contributed by atoms with E-state index in [0.717, 1.165) is 52.6 Å². The van der Waals surface area contributed by atoms with Gasteiger partial charge in [-0.1, -0.05) is 48.5 Å². The number of carbonyl (C=O) groups is 1. The average molecular weight is 424 g/mol. The monoisotopic (exact) mass is 423 g/mol. The predicted octanol–water partition coefficient (Wildman–Crippen LogP) is 4.27. The SMILES string of the molecule is Cc1cc(N2CCN(C(=O)c3cc(-c4ccccc4)nc4ccccc34)CC2)nc(C)n1. The summed E-state index contributed by atoms with van der Waals surface area (Å²) in [6, 6.07) is 21.8. The van der Waals surface area contributed by atoms with Gasteiger partial charge in [-0.3, -0.25) is 4.79 Å². The lowest BCUT2D eigenvalue weighted by Gasteiger charge is -2.35. The maximum atomic E-state index is 13.6.